The first-order valence-electron chi connectivity index (χ1n) is 4.57. The van der Waals surface area contributed by atoms with Crippen molar-refractivity contribution < 1.29 is 21.7 Å². The van der Waals surface area contributed by atoms with Gasteiger partial charge in [0.1, 0.15) is 0 Å². The Kier molecular flexibility index (Phi) is 12.1. The largest absolute Gasteiger partial charge is 1.00 e. The van der Waals surface area contributed by atoms with E-state index in [2.05, 4.69) is 33.0 Å². The van der Waals surface area contributed by atoms with Crippen LogP contribution in [-0.2, 0) is 4.79 Å². The van der Waals surface area contributed by atoms with Crippen molar-refractivity contribution in [2.75, 3.05) is 34.2 Å². The molecule has 0 aliphatic carbocycles. The van der Waals surface area contributed by atoms with Crippen molar-refractivity contribution in [3.05, 3.63) is 12.2 Å². The molecule has 1 N–H and O–H groups in total. The molecule has 3 nitrogen and oxygen atoms in total. The van der Waals surface area contributed by atoms with Gasteiger partial charge in [-0.15, -0.1) is 12.4 Å². The summed E-state index contributed by atoms with van der Waals surface area (Å²) in [5, 5.41) is 2.81. The van der Waals surface area contributed by atoms with Gasteiger partial charge in [0.25, 0.3) is 0 Å². The van der Waals surface area contributed by atoms with Crippen LogP contribution in [0.5, 0.6) is 0 Å². The molecule has 0 atom stereocenters. The van der Waals surface area contributed by atoms with E-state index in [-0.39, 0.29) is 30.7 Å². The van der Waals surface area contributed by atoms with Crippen molar-refractivity contribution in [3.8, 4) is 0 Å². The van der Waals surface area contributed by atoms with Crippen molar-refractivity contribution in [2.24, 2.45) is 0 Å². The number of hydrogen-bond acceptors (Lipinski definition) is 1. The maximum Gasteiger partial charge on any atom is 0.246 e. The predicted octanol–water partition coefficient (Wildman–Crippen LogP) is -1.80. The van der Waals surface area contributed by atoms with Crippen LogP contribution in [0.15, 0.2) is 12.2 Å². The number of nitrogens with zero attached hydrogens (tertiary/aromatic N) is 1. The van der Waals surface area contributed by atoms with E-state index in [1.807, 2.05) is 0 Å². The van der Waals surface area contributed by atoms with E-state index in [1.54, 1.807) is 6.92 Å². The van der Waals surface area contributed by atoms with E-state index in [4.69, 9.17) is 0 Å². The lowest BCUT2D eigenvalue weighted by molar-refractivity contribution is -0.870. The average molecular weight is 257 g/mol. The number of nitrogens with one attached hydrogen (secondary N) is 1. The summed E-state index contributed by atoms with van der Waals surface area (Å²) in [6.07, 6.45) is 1.00. The zero-order valence-electron chi connectivity index (χ0n) is 9.97. The van der Waals surface area contributed by atoms with E-state index in [9.17, 15) is 4.79 Å². The van der Waals surface area contributed by atoms with Crippen LogP contribution in [0.4, 0.5) is 0 Å². The van der Waals surface area contributed by atoms with Gasteiger partial charge in [0.2, 0.25) is 5.91 Å². The van der Waals surface area contributed by atoms with Gasteiger partial charge in [-0.1, -0.05) is 6.58 Å². The fraction of sp³-hybridized carbons (Fsp3) is 0.700. The first-order valence-corrected chi connectivity index (χ1v) is 4.57. The van der Waals surface area contributed by atoms with Crippen molar-refractivity contribution in [3.63, 3.8) is 0 Å². The maximum absolute atomic E-state index is 11.1. The van der Waals surface area contributed by atoms with Crippen molar-refractivity contribution in [1.82, 2.24) is 5.32 Å². The maximum atomic E-state index is 11.1. The molecule has 1 amide bonds. The van der Waals surface area contributed by atoms with Gasteiger partial charge in [0, 0.05) is 18.5 Å². The molecule has 0 rings (SSSR count). The topological polar surface area (TPSA) is 29.1 Å². The van der Waals surface area contributed by atoms with Crippen LogP contribution < -0.4 is 17.7 Å². The number of halogens is 2. The van der Waals surface area contributed by atoms with Crippen molar-refractivity contribution >= 4 is 18.3 Å². The highest BCUT2D eigenvalue weighted by Gasteiger charge is 2.06. The molecule has 92 valence electrons. The molecule has 0 aliphatic rings. The Morgan fingerprint density at radius 3 is 2.13 bits per heavy atom. The van der Waals surface area contributed by atoms with Gasteiger partial charge in [-0.3, -0.25) is 4.79 Å². The van der Waals surface area contributed by atoms with E-state index >= 15 is 0 Å². The zero-order valence-corrected chi connectivity index (χ0v) is 11.5. The molecule has 0 bridgehead atoms. The minimum Gasteiger partial charge on any atom is -1.00 e. The van der Waals surface area contributed by atoms with Crippen LogP contribution >= 0.6 is 12.4 Å². The third-order valence-corrected chi connectivity index (χ3v) is 1.68. The second-order valence-corrected chi connectivity index (χ2v) is 4.40. The summed E-state index contributed by atoms with van der Waals surface area (Å²) >= 11 is 0. The number of carbonyl (C=O) groups is 1. The molecule has 0 aromatic carbocycles. The van der Waals surface area contributed by atoms with E-state index in [0.29, 0.717) is 5.57 Å². The van der Waals surface area contributed by atoms with E-state index in [1.165, 1.54) is 0 Å². The Morgan fingerprint density at radius 2 is 1.80 bits per heavy atom. The lowest BCUT2D eigenvalue weighted by Gasteiger charge is -2.23. The molecule has 0 saturated carbocycles. The molecular weight excluding hydrogens is 235 g/mol. The molecule has 0 unspecified atom stereocenters. The summed E-state index contributed by atoms with van der Waals surface area (Å²) in [6, 6.07) is 0. The predicted molar refractivity (Wildman–Crippen MR) is 62.6 cm³/mol. The van der Waals surface area contributed by atoms with Crippen LogP contribution in [0.3, 0.4) is 0 Å². The second-order valence-electron chi connectivity index (χ2n) is 4.40. The highest BCUT2D eigenvalue weighted by molar-refractivity contribution is 5.91. The van der Waals surface area contributed by atoms with Gasteiger partial charge in [0.15, 0.2) is 0 Å². The summed E-state index contributed by atoms with van der Waals surface area (Å²) in [5.41, 5.74) is 0.574. The minimum absolute atomic E-state index is 0. The lowest BCUT2D eigenvalue weighted by atomic mass is 10.3. The van der Waals surface area contributed by atoms with Gasteiger partial charge in [-0.05, 0) is 6.92 Å². The highest BCUT2D eigenvalue weighted by Crippen LogP contribution is 1.92. The smallest absolute Gasteiger partial charge is 0.246 e. The molecule has 0 saturated heterocycles. The van der Waals surface area contributed by atoms with Crippen LogP contribution in [0, 0.1) is 0 Å². The van der Waals surface area contributed by atoms with E-state index in [0.717, 1.165) is 24.0 Å². The standard InChI is InChI=1S/C10H20N2O.2ClH/c1-9(2)10(13)11-7-6-8-12(3,4)5;;/h1,6-8H2,2-5H3;2*1H. The quantitative estimate of drug-likeness (QED) is 0.351. The average Bonchev–Trinajstić information content (AvgIpc) is 1.95. The van der Waals surface area contributed by atoms with Gasteiger partial charge in [0.05, 0.1) is 27.7 Å². The molecule has 15 heavy (non-hydrogen) atoms. The molecule has 0 aromatic heterocycles. The summed E-state index contributed by atoms with van der Waals surface area (Å²) in [7, 11) is 6.42. The van der Waals surface area contributed by atoms with Crippen molar-refractivity contribution in [1.29, 1.82) is 0 Å². The summed E-state index contributed by atoms with van der Waals surface area (Å²) in [5.74, 6) is -0.0404. The number of amides is 1. The fourth-order valence-corrected chi connectivity index (χ4v) is 0.906. The van der Waals surface area contributed by atoms with E-state index < -0.39 is 0 Å². The molecule has 0 heterocycles. The fourth-order valence-electron chi connectivity index (χ4n) is 0.906. The second kappa shape index (κ2) is 9.01. The Hall–Kier alpha value is -0.250. The van der Waals surface area contributed by atoms with Crippen LogP contribution in [0.1, 0.15) is 13.3 Å². The van der Waals surface area contributed by atoms with Gasteiger partial charge < -0.3 is 22.2 Å². The van der Waals surface area contributed by atoms with Gasteiger partial charge in [-0.2, -0.15) is 0 Å². The SMILES string of the molecule is C=C(C)C(=O)NCCC[N+](C)(C)C.Cl.[Cl-]. The third kappa shape index (κ3) is 13.8. The third-order valence-electron chi connectivity index (χ3n) is 1.68. The summed E-state index contributed by atoms with van der Waals surface area (Å²) in [6.45, 7) is 7.09. The molecule has 0 aromatic rings. The van der Waals surface area contributed by atoms with Crippen LogP contribution in [0.25, 0.3) is 0 Å². The molecule has 5 heteroatoms. The first kappa shape index (κ1) is 20.2. The molecule has 0 fully saturated rings. The highest BCUT2D eigenvalue weighted by atomic mass is 35.5. The normalized spacial score (nSPS) is 9.60. The number of rotatable bonds is 5. The molecule has 0 spiro atoms. The molecular formula is C10H22Cl2N2O. The molecule has 0 radical (unpaired) electrons. The Labute approximate surface area is 105 Å². The zero-order chi connectivity index (χ0) is 10.5. The van der Waals surface area contributed by atoms with Gasteiger partial charge >= 0.3 is 0 Å². The van der Waals surface area contributed by atoms with Crippen molar-refractivity contribution in [2.45, 2.75) is 13.3 Å². The summed E-state index contributed by atoms with van der Waals surface area (Å²) in [4.78, 5) is 11.1. The Bertz CT molecular complexity index is 200. The Balaban J connectivity index is -0.000000720. The van der Waals surface area contributed by atoms with Gasteiger partial charge in [-0.25, -0.2) is 0 Å². The number of carbonyl (C=O) groups excluding carboxylic acids is 1. The Morgan fingerprint density at radius 1 is 1.33 bits per heavy atom. The molecule has 0 aliphatic heterocycles. The minimum atomic E-state index is -0.0404. The number of hydrogen-bond donors (Lipinski definition) is 1. The van der Waals surface area contributed by atoms with Crippen LogP contribution in [0.2, 0.25) is 0 Å². The first-order chi connectivity index (χ1) is 5.83. The van der Waals surface area contributed by atoms with Crippen LogP contribution in [-0.4, -0.2) is 44.6 Å². The number of quaternary nitrogens is 1. The lowest BCUT2D eigenvalue weighted by Crippen LogP contribution is -3.00. The monoisotopic (exact) mass is 256 g/mol. The summed E-state index contributed by atoms with van der Waals surface area (Å²) < 4.78 is 0.933.